The van der Waals surface area contributed by atoms with Gasteiger partial charge < -0.3 is 10.1 Å². The van der Waals surface area contributed by atoms with Crippen molar-refractivity contribution in [2.75, 3.05) is 19.6 Å². The molecular formula is C18H27N3O4. The van der Waals surface area contributed by atoms with Gasteiger partial charge in [-0.3, -0.25) is 20.2 Å². The Morgan fingerprint density at radius 1 is 1.04 bits per heavy atom. The number of carbonyl (C=O) groups is 3. The first-order valence-electron chi connectivity index (χ1n) is 8.22. The fraction of sp³-hybridized carbons (Fsp3) is 0.500. The second-order valence-electron chi connectivity index (χ2n) is 6.77. The van der Waals surface area contributed by atoms with E-state index in [-0.39, 0.29) is 24.9 Å². The Morgan fingerprint density at radius 2 is 1.64 bits per heavy atom. The lowest BCUT2D eigenvalue weighted by atomic mass is 10.0. The molecule has 0 spiro atoms. The van der Waals surface area contributed by atoms with Crippen LogP contribution in [0.1, 0.15) is 39.2 Å². The Kier molecular flexibility index (Phi) is 8.07. The van der Waals surface area contributed by atoms with Crippen LogP contribution in [0, 0.1) is 0 Å². The van der Waals surface area contributed by atoms with Gasteiger partial charge in [0.2, 0.25) is 11.8 Å². The molecule has 3 N–H and O–H groups in total. The van der Waals surface area contributed by atoms with Crippen LogP contribution in [0.5, 0.6) is 0 Å². The number of nitrogens with one attached hydrogen (secondary N) is 3. The Bertz CT molecular complexity index is 582. The van der Waals surface area contributed by atoms with Crippen molar-refractivity contribution in [2.45, 2.75) is 39.2 Å². The van der Waals surface area contributed by atoms with Gasteiger partial charge in [0.25, 0.3) is 0 Å². The molecule has 1 rings (SSSR count). The van der Waals surface area contributed by atoms with Crippen LogP contribution in [0.25, 0.3) is 0 Å². The molecule has 0 saturated heterocycles. The first kappa shape index (κ1) is 20.6. The molecule has 1 aromatic rings. The summed E-state index contributed by atoms with van der Waals surface area (Å²) in [5.74, 6) is -0.576. The molecule has 3 amide bonds. The molecule has 0 aliphatic carbocycles. The van der Waals surface area contributed by atoms with Crippen molar-refractivity contribution in [3.63, 3.8) is 0 Å². The maximum atomic E-state index is 11.8. The van der Waals surface area contributed by atoms with E-state index in [1.165, 1.54) is 0 Å². The van der Waals surface area contributed by atoms with Crippen molar-refractivity contribution in [2.24, 2.45) is 0 Å². The van der Waals surface area contributed by atoms with Gasteiger partial charge in [-0.05, 0) is 32.3 Å². The number of hydrogen-bond acceptors (Lipinski definition) is 5. The largest absolute Gasteiger partial charge is 0.444 e. The third-order valence-electron chi connectivity index (χ3n) is 3.19. The van der Waals surface area contributed by atoms with Gasteiger partial charge >= 0.3 is 6.09 Å². The predicted molar refractivity (Wildman–Crippen MR) is 95.1 cm³/mol. The number of hydrogen-bond donors (Lipinski definition) is 3. The molecule has 0 aliphatic rings. The van der Waals surface area contributed by atoms with E-state index in [1.807, 2.05) is 37.3 Å². The fourth-order valence-electron chi connectivity index (χ4n) is 1.98. The highest BCUT2D eigenvalue weighted by molar-refractivity contribution is 5.93. The summed E-state index contributed by atoms with van der Waals surface area (Å²) in [6.07, 6.45) is -0.805. The topological polar surface area (TPSA) is 96.5 Å². The van der Waals surface area contributed by atoms with Gasteiger partial charge in [-0.25, -0.2) is 4.79 Å². The van der Waals surface area contributed by atoms with Gasteiger partial charge in [0.1, 0.15) is 5.60 Å². The van der Waals surface area contributed by atoms with Crippen LogP contribution in [-0.4, -0.2) is 43.1 Å². The van der Waals surface area contributed by atoms with Crippen LogP contribution < -0.4 is 16.0 Å². The Balaban J connectivity index is 2.20. The molecule has 1 unspecified atom stereocenters. The monoisotopic (exact) mass is 349 g/mol. The molecule has 0 aliphatic heterocycles. The molecule has 7 heteroatoms. The second-order valence-corrected chi connectivity index (χ2v) is 6.77. The quantitative estimate of drug-likeness (QED) is 0.694. The zero-order chi connectivity index (χ0) is 18.9. The average Bonchev–Trinajstić information content (AvgIpc) is 2.51. The Hall–Kier alpha value is -2.41. The van der Waals surface area contributed by atoms with Gasteiger partial charge in [0.05, 0.1) is 13.1 Å². The van der Waals surface area contributed by atoms with E-state index < -0.39 is 17.6 Å². The first-order valence-corrected chi connectivity index (χ1v) is 8.22. The number of amides is 3. The lowest BCUT2D eigenvalue weighted by Crippen LogP contribution is -2.43. The van der Waals surface area contributed by atoms with Crippen LogP contribution in [0.15, 0.2) is 30.3 Å². The van der Waals surface area contributed by atoms with Gasteiger partial charge in [-0.2, -0.15) is 0 Å². The molecule has 7 nitrogen and oxygen atoms in total. The van der Waals surface area contributed by atoms with Crippen LogP contribution in [0.3, 0.4) is 0 Å². The smallest absolute Gasteiger partial charge is 0.414 e. The highest BCUT2D eigenvalue weighted by Crippen LogP contribution is 2.12. The minimum Gasteiger partial charge on any atom is -0.444 e. The van der Waals surface area contributed by atoms with E-state index in [2.05, 4.69) is 16.0 Å². The maximum Gasteiger partial charge on any atom is 0.414 e. The number of ether oxygens (including phenoxy) is 1. The third-order valence-corrected chi connectivity index (χ3v) is 3.19. The summed E-state index contributed by atoms with van der Waals surface area (Å²) in [5, 5.41) is 7.57. The van der Waals surface area contributed by atoms with Crippen molar-refractivity contribution < 1.29 is 19.1 Å². The number of imide groups is 1. The normalized spacial score (nSPS) is 12.2. The minimum atomic E-state index is -0.805. The number of benzene rings is 1. The molecule has 0 aromatic heterocycles. The van der Waals surface area contributed by atoms with E-state index in [0.717, 1.165) is 5.56 Å². The molecule has 138 valence electrons. The molecule has 0 saturated carbocycles. The van der Waals surface area contributed by atoms with Crippen LogP contribution >= 0.6 is 0 Å². The summed E-state index contributed by atoms with van der Waals surface area (Å²) >= 11 is 0. The number of alkyl carbamates (subject to hydrolysis) is 1. The van der Waals surface area contributed by atoms with E-state index in [4.69, 9.17) is 4.74 Å². The third kappa shape index (κ3) is 9.46. The summed E-state index contributed by atoms with van der Waals surface area (Å²) in [6.45, 7) is 7.48. The first-order chi connectivity index (χ1) is 11.7. The van der Waals surface area contributed by atoms with Crippen molar-refractivity contribution in [1.29, 1.82) is 0 Å². The minimum absolute atomic E-state index is 0.0107. The number of rotatable bonds is 7. The van der Waals surface area contributed by atoms with E-state index in [9.17, 15) is 14.4 Å². The molecule has 0 bridgehead atoms. The summed E-state index contributed by atoms with van der Waals surface area (Å²) in [5.41, 5.74) is 0.472. The zero-order valence-electron chi connectivity index (χ0n) is 15.2. The summed E-state index contributed by atoms with van der Waals surface area (Å²) in [4.78, 5) is 34.8. The Morgan fingerprint density at radius 3 is 2.24 bits per heavy atom. The van der Waals surface area contributed by atoms with Crippen molar-refractivity contribution in [3.05, 3.63) is 35.9 Å². The average molecular weight is 349 g/mol. The van der Waals surface area contributed by atoms with E-state index in [0.29, 0.717) is 6.54 Å². The second kappa shape index (κ2) is 9.78. The van der Waals surface area contributed by atoms with Crippen LogP contribution in [0.4, 0.5) is 4.79 Å². The van der Waals surface area contributed by atoms with Gasteiger partial charge in [0, 0.05) is 6.54 Å². The lowest BCUT2D eigenvalue weighted by molar-refractivity contribution is -0.121. The molecular weight excluding hydrogens is 322 g/mol. The number of carbonyl (C=O) groups excluding carboxylic acids is 3. The Labute approximate surface area is 148 Å². The van der Waals surface area contributed by atoms with E-state index in [1.54, 1.807) is 20.8 Å². The van der Waals surface area contributed by atoms with Gasteiger partial charge in [-0.1, -0.05) is 37.3 Å². The molecule has 1 aromatic carbocycles. The molecule has 25 heavy (non-hydrogen) atoms. The standard InChI is InChI=1S/C18H27N3O4/c1-13(14-8-6-5-7-9-14)10-20-15(22)11-19-12-16(23)21-17(24)25-18(2,3)4/h5-9,13,19H,10-12H2,1-4H3,(H,20,22)(H,21,23,24). The van der Waals surface area contributed by atoms with Gasteiger partial charge in [-0.15, -0.1) is 0 Å². The van der Waals surface area contributed by atoms with Crippen molar-refractivity contribution in [3.8, 4) is 0 Å². The fourth-order valence-corrected chi connectivity index (χ4v) is 1.98. The summed E-state index contributed by atoms with van der Waals surface area (Å²) in [7, 11) is 0. The lowest BCUT2D eigenvalue weighted by Gasteiger charge is -2.19. The highest BCUT2D eigenvalue weighted by atomic mass is 16.6. The van der Waals surface area contributed by atoms with Gasteiger partial charge in [0.15, 0.2) is 0 Å². The molecule has 0 fully saturated rings. The van der Waals surface area contributed by atoms with Crippen molar-refractivity contribution >= 4 is 17.9 Å². The zero-order valence-corrected chi connectivity index (χ0v) is 15.2. The van der Waals surface area contributed by atoms with Crippen LogP contribution in [0.2, 0.25) is 0 Å². The molecule has 1 atom stereocenters. The molecule has 0 heterocycles. The highest BCUT2D eigenvalue weighted by Gasteiger charge is 2.18. The summed E-state index contributed by atoms with van der Waals surface area (Å²) < 4.78 is 4.96. The van der Waals surface area contributed by atoms with Crippen molar-refractivity contribution in [1.82, 2.24) is 16.0 Å². The molecule has 0 radical (unpaired) electrons. The van der Waals surface area contributed by atoms with E-state index >= 15 is 0 Å². The SMILES string of the molecule is CC(CNC(=O)CNCC(=O)NC(=O)OC(C)(C)C)c1ccccc1. The maximum absolute atomic E-state index is 11.8. The predicted octanol–water partition coefficient (Wildman–Crippen LogP) is 1.55. The van der Waals surface area contributed by atoms with Crippen LogP contribution in [-0.2, 0) is 14.3 Å². The summed E-state index contributed by atoms with van der Waals surface area (Å²) in [6, 6.07) is 9.88.